The van der Waals surface area contributed by atoms with Gasteiger partial charge in [0.05, 0.1) is 0 Å². The maximum absolute atomic E-state index is 4.13. The minimum absolute atomic E-state index is 0.767. The molecule has 0 rings (SSSR count). The summed E-state index contributed by atoms with van der Waals surface area (Å²) in [4.78, 5) is 0. The molecule has 0 spiro atoms. The van der Waals surface area contributed by atoms with Gasteiger partial charge in [0.1, 0.15) is 0 Å². The maximum Gasteiger partial charge on any atom is 0.0146 e. The molecule has 0 aliphatic carbocycles. The van der Waals surface area contributed by atoms with Gasteiger partial charge in [0.15, 0.2) is 0 Å². The highest BCUT2D eigenvalue weighted by Crippen LogP contribution is 2.09. The lowest BCUT2D eigenvalue weighted by atomic mass is 10.1. The molecular formula is C26H45N. The highest BCUT2D eigenvalue weighted by atomic mass is 14.9. The molecular weight excluding hydrogens is 326 g/mol. The van der Waals surface area contributed by atoms with Crippen LogP contribution in [-0.4, -0.2) is 6.54 Å². The van der Waals surface area contributed by atoms with E-state index in [0.717, 1.165) is 44.6 Å². The van der Waals surface area contributed by atoms with Crippen molar-refractivity contribution in [3.05, 3.63) is 60.9 Å². The Balaban J connectivity index is 3.39. The first-order valence-electron chi connectivity index (χ1n) is 11.2. The van der Waals surface area contributed by atoms with E-state index in [1.54, 1.807) is 0 Å². The molecule has 1 nitrogen and oxygen atoms in total. The molecule has 0 aromatic rings. The van der Waals surface area contributed by atoms with Gasteiger partial charge in [-0.3, -0.25) is 0 Å². The van der Waals surface area contributed by atoms with Crippen LogP contribution in [-0.2, 0) is 0 Å². The van der Waals surface area contributed by atoms with Crippen LogP contribution in [0.15, 0.2) is 60.9 Å². The lowest BCUT2D eigenvalue weighted by Gasteiger charge is -2.10. The van der Waals surface area contributed by atoms with Gasteiger partial charge in [0, 0.05) is 12.2 Å². The lowest BCUT2D eigenvalue weighted by molar-refractivity contribution is 0.551. The van der Waals surface area contributed by atoms with E-state index in [4.69, 9.17) is 0 Å². The molecule has 0 atom stereocenters. The standard InChI is InChI=1S/C26H45N/c1-5-6-7-8-9-10-11-12-13-14-15-16-17-18-19-20-21-22-26(4)27-24-23-25(2)3/h6-7,9-10,12-13,15-16,25,27H,4-5,8,11,14,17-24H2,1-3H3/b7-6-,10-9-,13-12-,16-15-. The quantitative estimate of drug-likeness (QED) is 0.189. The van der Waals surface area contributed by atoms with Gasteiger partial charge in [-0.05, 0) is 63.7 Å². The van der Waals surface area contributed by atoms with E-state index in [1.165, 1.54) is 44.2 Å². The molecule has 0 radical (unpaired) electrons. The topological polar surface area (TPSA) is 12.0 Å². The Bertz CT molecular complexity index is 437. The third-order valence-electron chi connectivity index (χ3n) is 4.41. The third-order valence-corrected chi connectivity index (χ3v) is 4.41. The molecule has 0 saturated carbocycles. The second-order valence-corrected chi connectivity index (χ2v) is 7.67. The van der Waals surface area contributed by atoms with Crippen molar-refractivity contribution >= 4 is 0 Å². The van der Waals surface area contributed by atoms with Crippen LogP contribution in [0.2, 0.25) is 0 Å². The van der Waals surface area contributed by atoms with E-state index in [9.17, 15) is 0 Å². The van der Waals surface area contributed by atoms with Gasteiger partial charge in [-0.15, -0.1) is 0 Å². The Morgan fingerprint density at radius 2 is 1.33 bits per heavy atom. The highest BCUT2D eigenvalue weighted by Gasteiger charge is 1.96. The van der Waals surface area contributed by atoms with Crippen molar-refractivity contribution in [2.45, 2.75) is 91.4 Å². The molecule has 0 saturated heterocycles. The molecule has 27 heavy (non-hydrogen) atoms. The minimum Gasteiger partial charge on any atom is -0.389 e. The Kier molecular flexibility index (Phi) is 19.7. The second-order valence-electron chi connectivity index (χ2n) is 7.67. The minimum atomic E-state index is 0.767. The number of allylic oxidation sites excluding steroid dienone is 9. The average molecular weight is 372 g/mol. The molecule has 1 N–H and O–H groups in total. The SMILES string of the molecule is C=C(CCCCCC/C=C\C/C=C\C/C=C\C/C=C\CC)NCCC(C)C. The fourth-order valence-corrected chi connectivity index (χ4v) is 2.68. The Hall–Kier alpha value is -1.50. The summed E-state index contributed by atoms with van der Waals surface area (Å²) < 4.78 is 0. The van der Waals surface area contributed by atoms with Gasteiger partial charge in [-0.25, -0.2) is 0 Å². The van der Waals surface area contributed by atoms with Crippen LogP contribution in [0.5, 0.6) is 0 Å². The molecule has 0 aromatic carbocycles. The van der Waals surface area contributed by atoms with E-state index < -0.39 is 0 Å². The summed E-state index contributed by atoms with van der Waals surface area (Å²) in [6, 6.07) is 0. The van der Waals surface area contributed by atoms with Crippen molar-refractivity contribution in [2.75, 3.05) is 6.54 Å². The average Bonchev–Trinajstić information content (AvgIpc) is 2.64. The number of unbranched alkanes of at least 4 members (excludes halogenated alkanes) is 4. The lowest BCUT2D eigenvalue weighted by Crippen LogP contribution is -2.15. The molecule has 0 aliphatic rings. The van der Waals surface area contributed by atoms with Crippen LogP contribution in [0.1, 0.15) is 91.4 Å². The molecule has 0 amide bonds. The van der Waals surface area contributed by atoms with Gasteiger partial charge in [0.2, 0.25) is 0 Å². The zero-order valence-corrected chi connectivity index (χ0v) is 18.4. The molecule has 0 heterocycles. The summed E-state index contributed by atoms with van der Waals surface area (Å²) in [7, 11) is 0. The first kappa shape index (κ1) is 25.5. The summed E-state index contributed by atoms with van der Waals surface area (Å²) >= 11 is 0. The third kappa shape index (κ3) is 22.5. The van der Waals surface area contributed by atoms with E-state index in [-0.39, 0.29) is 0 Å². The Labute approximate surface area is 170 Å². The summed E-state index contributed by atoms with van der Waals surface area (Å²) in [5.74, 6) is 0.767. The second kappa shape index (κ2) is 20.8. The van der Waals surface area contributed by atoms with Gasteiger partial charge in [-0.2, -0.15) is 0 Å². The first-order valence-corrected chi connectivity index (χ1v) is 11.2. The number of rotatable bonds is 18. The smallest absolute Gasteiger partial charge is 0.0146 e. The molecule has 154 valence electrons. The maximum atomic E-state index is 4.13. The van der Waals surface area contributed by atoms with Gasteiger partial charge in [-0.1, -0.05) is 88.8 Å². The highest BCUT2D eigenvalue weighted by molar-refractivity contribution is 4.99. The van der Waals surface area contributed by atoms with Crippen molar-refractivity contribution in [2.24, 2.45) is 5.92 Å². The van der Waals surface area contributed by atoms with Crippen LogP contribution in [0.3, 0.4) is 0 Å². The summed E-state index contributed by atoms with van der Waals surface area (Å²) in [6.45, 7) is 11.9. The summed E-state index contributed by atoms with van der Waals surface area (Å²) in [5.41, 5.74) is 1.22. The van der Waals surface area contributed by atoms with E-state index in [2.05, 4.69) is 81.3 Å². The van der Waals surface area contributed by atoms with Crippen LogP contribution in [0.25, 0.3) is 0 Å². The molecule has 0 unspecified atom stereocenters. The number of hydrogen-bond acceptors (Lipinski definition) is 1. The zero-order valence-electron chi connectivity index (χ0n) is 18.4. The van der Waals surface area contributed by atoms with Crippen LogP contribution >= 0.6 is 0 Å². The molecule has 1 heteroatoms. The predicted octanol–water partition coefficient (Wildman–Crippen LogP) is 8.28. The monoisotopic (exact) mass is 371 g/mol. The normalized spacial score (nSPS) is 12.4. The van der Waals surface area contributed by atoms with Gasteiger partial charge >= 0.3 is 0 Å². The predicted molar refractivity (Wildman–Crippen MR) is 125 cm³/mol. The van der Waals surface area contributed by atoms with Gasteiger partial charge < -0.3 is 5.32 Å². The molecule has 0 fully saturated rings. The van der Waals surface area contributed by atoms with Crippen LogP contribution in [0.4, 0.5) is 0 Å². The van der Waals surface area contributed by atoms with Gasteiger partial charge in [0.25, 0.3) is 0 Å². The fraction of sp³-hybridized carbons (Fsp3) is 0.615. The molecule has 0 bridgehead atoms. The summed E-state index contributed by atoms with van der Waals surface area (Å²) in [5, 5.41) is 3.45. The number of nitrogens with one attached hydrogen (secondary N) is 1. The largest absolute Gasteiger partial charge is 0.389 e. The van der Waals surface area contributed by atoms with Crippen LogP contribution < -0.4 is 5.32 Å². The van der Waals surface area contributed by atoms with E-state index >= 15 is 0 Å². The molecule has 0 aliphatic heterocycles. The van der Waals surface area contributed by atoms with Crippen molar-refractivity contribution in [1.29, 1.82) is 0 Å². The Morgan fingerprint density at radius 3 is 1.93 bits per heavy atom. The van der Waals surface area contributed by atoms with Crippen molar-refractivity contribution in [3.8, 4) is 0 Å². The van der Waals surface area contributed by atoms with Crippen molar-refractivity contribution < 1.29 is 0 Å². The number of hydrogen-bond donors (Lipinski definition) is 1. The fourth-order valence-electron chi connectivity index (χ4n) is 2.68. The van der Waals surface area contributed by atoms with Crippen molar-refractivity contribution in [3.63, 3.8) is 0 Å². The van der Waals surface area contributed by atoms with E-state index in [0.29, 0.717) is 0 Å². The zero-order chi connectivity index (χ0) is 20.0. The van der Waals surface area contributed by atoms with Crippen molar-refractivity contribution in [1.82, 2.24) is 5.32 Å². The van der Waals surface area contributed by atoms with E-state index in [1.807, 2.05) is 0 Å². The molecule has 0 aromatic heterocycles. The summed E-state index contributed by atoms with van der Waals surface area (Å²) in [6.07, 6.45) is 31.2. The first-order chi connectivity index (χ1) is 13.2. The Morgan fingerprint density at radius 1 is 0.778 bits per heavy atom. The van der Waals surface area contributed by atoms with Crippen LogP contribution in [0, 0.1) is 5.92 Å².